The summed E-state index contributed by atoms with van der Waals surface area (Å²) in [5, 5.41) is 0. The molecule has 1 unspecified atom stereocenters. The molecule has 100 valence electrons. The maximum absolute atomic E-state index is 13.4. The number of benzene rings is 1. The molecule has 0 saturated carbocycles. The van der Waals surface area contributed by atoms with E-state index in [-0.39, 0.29) is 11.9 Å². The highest BCUT2D eigenvalue weighted by atomic mass is 79.9. The van der Waals surface area contributed by atoms with Crippen molar-refractivity contribution in [2.75, 3.05) is 7.11 Å². The fraction of sp³-hybridized carbons (Fsp3) is 0.231. The van der Waals surface area contributed by atoms with Crippen LogP contribution >= 0.6 is 15.9 Å². The van der Waals surface area contributed by atoms with Crippen molar-refractivity contribution in [3.05, 3.63) is 52.1 Å². The van der Waals surface area contributed by atoms with E-state index in [2.05, 4.69) is 25.9 Å². The predicted molar refractivity (Wildman–Crippen MR) is 73.3 cm³/mol. The fourth-order valence-electron chi connectivity index (χ4n) is 1.72. The Hall–Kier alpha value is -1.53. The third kappa shape index (κ3) is 3.27. The van der Waals surface area contributed by atoms with Gasteiger partial charge >= 0.3 is 0 Å². The van der Waals surface area contributed by atoms with Gasteiger partial charge in [-0.3, -0.25) is 0 Å². The molecule has 2 N–H and O–H groups in total. The second kappa shape index (κ2) is 6.08. The number of nitrogens with two attached hydrogens (primary N) is 1. The number of halogens is 2. The second-order valence-corrected chi connectivity index (χ2v) is 4.80. The van der Waals surface area contributed by atoms with Crippen LogP contribution in [0, 0.1) is 5.82 Å². The van der Waals surface area contributed by atoms with E-state index in [9.17, 15) is 4.39 Å². The van der Waals surface area contributed by atoms with Crippen molar-refractivity contribution in [2.24, 2.45) is 5.73 Å². The molecule has 0 bridgehead atoms. The molecule has 1 aromatic carbocycles. The van der Waals surface area contributed by atoms with E-state index in [0.717, 1.165) is 5.56 Å². The van der Waals surface area contributed by atoms with E-state index in [1.54, 1.807) is 12.1 Å². The Kier molecular flexibility index (Phi) is 4.44. The molecule has 19 heavy (non-hydrogen) atoms. The lowest BCUT2D eigenvalue weighted by Crippen LogP contribution is -2.15. The Morgan fingerprint density at radius 1 is 1.42 bits per heavy atom. The monoisotopic (exact) mass is 325 g/mol. The van der Waals surface area contributed by atoms with Gasteiger partial charge in [0.2, 0.25) is 5.88 Å². The van der Waals surface area contributed by atoms with Gasteiger partial charge in [-0.25, -0.2) is 14.4 Å². The Labute approximate surface area is 119 Å². The molecule has 1 heterocycles. The van der Waals surface area contributed by atoms with Crippen molar-refractivity contribution >= 4 is 15.9 Å². The van der Waals surface area contributed by atoms with Crippen LogP contribution in [0.3, 0.4) is 0 Å². The molecule has 1 atom stereocenters. The maximum atomic E-state index is 13.4. The Balaban J connectivity index is 2.20. The molecule has 4 nitrogen and oxygen atoms in total. The van der Waals surface area contributed by atoms with Crippen LogP contribution in [0.1, 0.15) is 17.3 Å². The molecule has 1 aromatic heterocycles. The summed E-state index contributed by atoms with van der Waals surface area (Å²) in [5.41, 5.74) is 7.53. The smallest absolute Gasteiger partial charge is 0.216 e. The minimum Gasteiger partial charge on any atom is -0.481 e. The number of rotatable bonds is 4. The van der Waals surface area contributed by atoms with Gasteiger partial charge in [-0.1, -0.05) is 12.1 Å². The number of hydrogen-bond donors (Lipinski definition) is 1. The summed E-state index contributed by atoms with van der Waals surface area (Å²) < 4.78 is 18.9. The first kappa shape index (κ1) is 13.9. The van der Waals surface area contributed by atoms with Crippen molar-refractivity contribution < 1.29 is 9.13 Å². The summed E-state index contributed by atoms with van der Waals surface area (Å²) in [4.78, 5) is 8.03. The van der Waals surface area contributed by atoms with Gasteiger partial charge in [0.05, 0.1) is 23.3 Å². The lowest BCUT2D eigenvalue weighted by atomic mass is 10.0. The average Bonchev–Trinajstić information content (AvgIpc) is 2.44. The minimum absolute atomic E-state index is 0.301. The largest absolute Gasteiger partial charge is 0.481 e. The standard InChI is InChI=1S/C13H13BrFN3O/c1-19-12-6-11(17-7-18-12)10(16)5-8-3-2-4-9(15)13(8)14/h2-4,6-7,10H,5,16H2,1H3. The average molecular weight is 326 g/mol. The van der Waals surface area contributed by atoms with E-state index < -0.39 is 0 Å². The predicted octanol–water partition coefficient (Wildman–Crippen LogP) is 2.63. The zero-order valence-corrected chi connectivity index (χ0v) is 11.9. The Bertz CT molecular complexity index is 580. The van der Waals surface area contributed by atoms with Gasteiger partial charge in [0.1, 0.15) is 12.1 Å². The molecule has 0 aliphatic carbocycles. The molecule has 0 aliphatic heterocycles. The van der Waals surface area contributed by atoms with Crippen molar-refractivity contribution in [3.8, 4) is 5.88 Å². The molecule has 2 aromatic rings. The summed E-state index contributed by atoms with van der Waals surface area (Å²) >= 11 is 3.22. The van der Waals surface area contributed by atoms with Gasteiger partial charge in [0.25, 0.3) is 0 Å². The topological polar surface area (TPSA) is 61.0 Å². The lowest BCUT2D eigenvalue weighted by Gasteiger charge is -2.13. The van der Waals surface area contributed by atoms with Crippen LogP contribution in [-0.4, -0.2) is 17.1 Å². The van der Waals surface area contributed by atoms with Crippen LogP contribution in [0.4, 0.5) is 4.39 Å². The van der Waals surface area contributed by atoms with Gasteiger partial charge < -0.3 is 10.5 Å². The molecule has 0 spiro atoms. The summed E-state index contributed by atoms with van der Waals surface area (Å²) in [6.07, 6.45) is 1.87. The first-order chi connectivity index (χ1) is 9.11. The molecule has 2 rings (SSSR count). The zero-order valence-electron chi connectivity index (χ0n) is 10.3. The third-order valence-electron chi connectivity index (χ3n) is 2.72. The molecule has 0 fully saturated rings. The van der Waals surface area contributed by atoms with Crippen LogP contribution in [0.15, 0.2) is 35.1 Å². The van der Waals surface area contributed by atoms with Crippen LogP contribution in [0.25, 0.3) is 0 Å². The molecule has 0 saturated heterocycles. The summed E-state index contributed by atoms with van der Waals surface area (Å²) in [7, 11) is 1.53. The first-order valence-corrected chi connectivity index (χ1v) is 6.45. The van der Waals surface area contributed by atoms with E-state index in [4.69, 9.17) is 10.5 Å². The van der Waals surface area contributed by atoms with Crippen LogP contribution in [0.2, 0.25) is 0 Å². The van der Waals surface area contributed by atoms with Gasteiger partial charge in [-0.05, 0) is 34.0 Å². The summed E-state index contributed by atoms with van der Waals surface area (Å²) in [6, 6.07) is 6.20. The maximum Gasteiger partial charge on any atom is 0.216 e. The van der Waals surface area contributed by atoms with Crippen LogP contribution in [0.5, 0.6) is 5.88 Å². The number of aromatic nitrogens is 2. The van der Waals surface area contributed by atoms with E-state index in [1.165, 1.54) is 19.5 Å². The van der Waals surface area contributed by atoms with E-state index in [1.807, 2.05) is 6.07 Å². The normalized spacial score (nSPS) is 12.2. The number of methoxy groups -OCH3 is 1. The highest BCUT2D eigenvalue weighted by molar-refractivity contribution is 9.10. The van der Waals surface area contributed by atoms with Crippen molar-refractivity contribution in [2.45, 2.75) is 12.5 Å². The fourth-order valence-corrected chi connectivity index (χ4v) is 2.14. The SMILES string of the molecule is COc1cc(C(N)Cc2cccc(F)c2Br)ncn1. The number of ether oxygens (including phenoxy) is 1. The molecule has 6 heteroatoms. The third-order valence-corrected chi connectivity index (χ3v) is 3.61. The highest BCUT2D eigenvalue weighted by Gasteiger charge is 2.13. The Morgan fingerprint density at radius 2 is 2.21 bits per heavy atom. The van der Waals surface area contributed by atoms with Crippen molar-refractivity contribution in [1.82, 2.24) is 9.97 Å². The molecule has 0 radical (unpaired) electrons. The Morgan fingerprint density at radius 3 is 2.95 bits per heavy atom. The molecular weight excluding hydrogens is 313 g/mol. The minimum atomic E-state index is -0.352. The van der Waals surface area contributed by atoms with Gasteiger partial charge in [-0.2, -0.15) is 0 Å². The van der Waals surface area contributed by atoms with Crippen molar-refractivity contribution in [1.29, 1.82) is 0 Å². The molecular formula is C13H13BrFN3O. The number of hydrogen-bond acceptors (Lipinski definition) is 4. The first-order valence-electron chi connectivity index (χ1n) is 5.66. The summed E-state index contributed by atoms with van der Waals surface area (Å²) in [6.45, 7) is 0. The summed E-state index contributed by atoms with van der Waals surface area (Å²) in [5.74, 6) is 0.156. The molecule has 0 amide bonds. The van der Waals surface area contributed by atoms with Gasteiger partial charge in [-0.15, -0.1) is 0 Å². The molecule has 0 aliphatic rings. The zero-order chi connectivity index (χ0) is 13.8. The quantitative estimate of drug-likeness (QED) is 0.938. The second-order valence-electron chi connectivity index (χ2n) is 4.01. The van der Waals surface area contributed by atoms with Crippen LogP contribution in [-0.2, 0) is 6.42 Å². The van der Waals surface area contributed by atoms with Gasteiger partial charge in [0, 0.05) is 6.07 Å². The van der Waals surface area contributed by atoms with E-state index >= 15 is 0 Å². The van der Waals surface area contributed by atoms with Crippen molar-refractivity contribution in [3.63, 3.8) is 0 Å². The lowest BCUT2D eigenvalue weighted by molar-refractivity contribution is 0.395. The highest BCUT2D eigenvalue weighted by Crippen LogP contribution is 2.24. The van der Waals surface area contributed by atoms with Crippen LogP contribution < -0.4 is 10.5 Å². The van der Waals surface area contributed by atoms with Gasteiger partial charge in [0.15, 0.2) is 0 Å². The number of nitrogens with zero attached hydrogens (tertiary/aromatic N) is 2. The van der Waals surface area contributed by atoms with E-state index in [0.29, 0.717) is 22.5 Å².